The summed E-state index contributed by atoms with van der Waals surface area (Å²) < 4.78 is 68.9. The van der Waals surface area contributed by atoms with Gasteiger partial charge in [-0.2, -0.15) is 22.0 Å². The molecule has 1 N–H and O–H groups in total. The zero-order chi connectivity index (χ0) is 21.4. The van der Waals surface area contributed by atoms with Crippen molar-refractivity contribution in [1.29, 1.82) is 0 Å². The third-order valence-electron chi connectivity index (χ3n) is 8.77. The van der Waals surface area contributed by atoms with Gasteiger partial charge in [-0.25, -0.2) is 0 Å². The molecule has 4 aliphatic carbocycles. The highest BCUT2D eigenvalue weighted by atomic mass is 35.5. The van der Waals surface area contributed by atoms with Crippen LogP contribution >= 0.6 is 11.6 Å². The van der Waals surface area contributed by atoms with Crippen molar-refractivity contribution in [3.63, 3.8) is 0 Å². The van der Waals surface area contributed by atoms with Gasteiger partial charge in [0, 0.05) is 11.8 Å². The van der Waals surface area contributed by atoms with Crippen LogP contribution < -0.4 is 0 Å². The van der Waals surface area contributed by atoms with E-state index in [1.165, 1.54) is 0 Å². The molecule has 4 rings (SSSR count). The van der Waals surface area contributed by atoms with Crippen LogP contribution in [0.25, 0.3) is 0 Å². The fourth-order valence-corrected chi connectivity index (χ4v) is 7.83. The molecule has 0 aromatic heterocycles. The largest absolute Gasteiger partial charge is 0.456 e. The number of Topliss-reactive ketones (excluding diaryl/α,β-unsaturated/α-hetero) is 1. The number of rotatable bonds is 2. The van der Waals surface area contributed by atoms with Gasteiger partial charge < -0.3 is 5.11 Å². The minimum atomic E-state index is -5.78. The lowest BCUT2D eigenvalue weighted by atomic mass is 9.48. The van der Waals surface area contributed by atoms with Crippen LogP contribution in [0.5, 0.6) is 0 Å². The summed E-state index contributed by atoms with van der Waals surface area (Å²) in [5.74, 6) is -5.36. The first kappa shape index (κ1) is 21.5. The molecule has 0 aromatic carbocycles. The summed E-state index contributed by atoms with van der Waals surface area (Å²) in [5.41, 5.74) is -3.57. The maximum Gasteiger partial charge on any atom is 0.456 e. The van der Waals surface area contributed by atoms with Crippen LogP contribution in [-0.2, 0) is 4.79 Å². The first-order chi connectivity index (χ1) is 13.4. The van der Waals surface area contributed by atoms with E-state index in [-0.39, 0.29) is 48.7 Å². The number of halogens is 6. The molecule has 0 aromatic rings. The SMILES string of the molecule is CC[C@]12CC[C@H]3[C@@H](CCC4=C(Cl)C(=O)CC[C@@H]43)[C@@H]1CC[C@@]2(O)C(F)(F)C(F)(F)F. The van der Waals surface area contributed by atoms with E-state index in [0.717, 1.165) is 5.57 Å². The summed E-state index contributed by atoms with van der Waals surface area (Å²) in [7, 11) is 0. The smallest absolute Gasteiger partial charge is 0.383 e. The van der Waals surface area contributed by atoms with Crippen molar-refractivity contribution in [2.75, 3.05) is 0 Å². The zero-order valence-electron chi connectivity index (χ0n) is 16.3. The Kier molecular flexibility index (Phi) is 4.94. The van der Waals surface area contributed by atoms with Gasteiger partial charge in [-0.15, -0.1) is 0 Å². The summed E-state index contributed by atoms with van der Waals surface area (Å²) >= 11 is 6.26. The quantitative estimate of drug-likeness (QED) is 0.533. The Bertz CT molecular complexity index is 748. The highest BCUT2D eigenvalue weighted by molar-refractivity contribution is 6.43. The Morgan fingerprint density at radius 3 is 2.34 bits per heavy atom. The number of aliphatic hydroxyl groups is 1. The van der Waals surface area contributed by atoms with E-state index in [0.29, 0.717) is 37.1 Å². The van der Waals surface area contributed by atoms with E-state index in [1.54, 1.807) is 6.92 Å². The molecule has 0 heterocycles. The fraction of sp³-hybridized carbons (Fsp3) is 0.857. The summed E-state index contributed by atoms with van der Waals surface area (Å²) in [6, 6.07) is 0. The molecule has 0 radical (unpaired) electrons. The van der Waals surface area contributed by atoms with Gasteiger partial charge in [-0.05, 0) is 80.6 Å². The minimum absolute atomic E-state index is 0.0202. The van der Waals surface area contributed by atoms with Gasteiger partial charge in [0.2, 0.25) is 0 Å². The molecule has 8 heteroatoms. The Hall–Kier alpha value is -0.690. The van der Waals surface area contributed by atoms with Crippen LogP contribution in [0.1, 0.15) is 64.7 Å². The van der Waals surface area contributed by atoms with E-state index >= 15 is 0 Å². The molecule has 29 heavy (non-hydrogen) atoms. The molecule has 0 aliphatic heterocycles. The Labute approximate surface area is 171 Å². The molecular formula is C21H26ClF5O2. The van der Waals surface area contributed by atoms with Crippen molar-refractivity contribution < 1.29 is 31.9 Å². The normalized spacial score (nSPS) is 43.1. The third-order valence-corrected chi connectivity index (χ3v) is 9.22. The Morgan fingerprint density at radius 1 is 1.03 bits per heavy atom. The van der Waals surface area contributed by atoms with Gasteiger partial charge in [-0.3, -0.25) is 4.79 Å². The summed E-state index contributed by atoms with van der Waals surface area (Å²) in [6.45, 7) is 1.63. The number of carbonyl (C=O) groups excluding carboxylic acids is 1. The molecule has 0 unspecified atom stereocenters. The van der Waals surface area contributed by atoms with E-state index in [2.05, 4.69) is 0 Å². The van der Waals surface area contributed by atoms with Crippen LogP contribution in [0.15, 0.2) is 10.6 Å². The van der Waals surface area contributed by atoms with Crippen molar-refractivity contribution >= 4 is 17.4 Å². The molecule has 2 nitrogen and oxygen atoms in total. The second-order valence-corrected chi connectivity index (χ2v) is 9.78. The average Bonchev–Trinajstić information content (AvgIpc) is 2.98. The van der Waals surface area contributed by atoms with Crippen LogP contribution in [0.4, 0.5) is 22.0 Å². The molecule has 4 aliphatic rings. The standard InChI is InChI=1S/C21H26ClF5O2/c1-2-18-9-7-12-11-5-6-16(28)17(22)14(11)4-3-13(12)15(18)8-10-19(18,29)20(23,24)21(25,26)27/h11-13,15,29H,2-10H2,1H3/t11-,12-,13-,15+,18+,19+/m1/s1. The van der Waals surface area contributed by atoms with Gasteiger partial charge in [0.25, 0.3) is 0 Å². The highest BCUT2D eigenvalue weighted by Crippen LogP contribution is 2.70. The number of alkyl halides is 5. The molecular weight excluding hydrogens is 415 g/mol. The van der Waals surface area contributed by atoms with Gasteiger partial charge >= 0.3 is 12.1 Å². The molecule has 3 saturated carbocycles. The van der Waals surface area contributed by atoms with Crippen LogP contribution in [0.3, 0.4) is 0 Å². The van der Waals surface area contributed by atoms with Crippen molar-refractivity contribution in [2.24, 2.45) is 29.1 Å². The van der Waals surface area contributed by atoms with Gasteiger partial charge in [0.1, 0.15) is 5.60 Å². The van der Waals surface area contributed by atoms with E-state index in [9.17, 15) is 31.9 Å². The zero-order valence-corrected chi connectivity index (χ0v) is 17.1. The second-order valence-electron chi connectivity index (χ2n) is 9.40. The third kappa shape index (κ3) is 2.65. The molecule has 0 bridgehead atoms. The van der Waals surface area contributed by atoms with Crippen molar-refractivity contribution in [2.45, 2.75) is 82.4 Å². The second kappa shape index (κ2) is 6.65. The summed E-state index contributed by atoms with van der Waals surface area (Å²) in [5, 5.41) is 11.3. The molecule has 3 fully saturated rings. The average molecular weight is 441 g/mol. The number of hydrogen-bond acceptors (Lipinski definition) is 2. The van der Waals surface area contributed by atoms with Crippen LogP contribution in [0, 0.1) is 29.1 Å². The first-order valence-electron chi connectivity index (χ1n) is 10.5. The van der Waals surface area contributed by atoms with Gasteiger partial charge in [0.05, 0.1) is 5.03 Å². The lowest BCUT2D eigenvalue weighted by molar-refractivity contribution is -0.365. The molecule has 6 atom stereocenters. The lowest BCUT2D eigenvalue weighted by Crippen LogP contribution is -2.66. The van der Waals surface area contributed by atoms with Crippen molar-refractivity contribution in [3.8, 4) is 0 Å². The summed E-state index contributed by atoms with van der Waals surface area (Å²) in [4.78, 5) is 12.0. The highest BCUT2D eigenvalue weighted by Gasteiger charge is 2.79. The van der Waals surface area contributed by atoms with Crippen LogP contribution in [-0.4, -0.2) is 28.6 Å². The van der Waals surface area contributed by atoms with Gasteiger partial charge in [-0.1, -0.05) is 18.5 Å². The van der Waals surface area contributed by atoms with Crippen molar-refractivity contribution in [3.05, 3.63) is 10.6 Å². The monoisotopic (exact) mass is 440 g/mol. The molecule has 0 spiro atoms. The lowest BCUT2D eigenvalue weighted by Gasteiger charge is -2.58. The maximum atomic E-state index is 14.6. The van der Waals surface area contributed by atoms with Crippen molar-refractivity contribution in [1.82, 2.24) is 0 Å². The maximum absolute atomic E-state index is 14.6. The fourth-order valence-electron chi connectivity index (χ4n) is 7.50. The van der Waals surface area contributed by atoms with Crippen LogP contribution in [0.2, 0.25) is 0 Å². The number of hydrogen-bond donors (Lipinski definition) is 1. The molecule has 0 saturated heterocycles. The van der Waals surface area contributed by atoms with E-state index in [1.807, 2.05) is 0 Å². The van der Waals surface area contributed by atoms with Gasteiger partial charge in [0.15, 0.2) is 5.78 Å². The van der Waals surface area contributed by atoms with E-state index in [4.69, 9.17) is 11.6 Å². The first-order valence-corrected chi connectivity index (χ1v) is 10.9. The number of carbonyl (C=O) groups is 1. The topological polar surface area (TPSA) is 37.3 Å². The number of fused-ring (bicyclic) bond motifs is 5. The number of ketones is 1. The predicted molar refractivity (Wildman–Crippen MR) is 97.5 cm³/mol. The number of allylic oxidation sites excluding steroid dienone is 1. The Morgan fingerprint density at radius 2 is 1.72 bits per heavy atom. The minimum Gasteiger partial charge on any atom is -0.383 e. The molecule has 164 valence electrons. The Balaban J connectivity index is 1.71. The molecule has 0 amide bonds. The van der Waals surface area contributed by atoms with E-state index < -0.39 is 29.5 Å². The summed E-state index contributed by atoms with van der Waals surface area (Å²) in [6.07, 6.45) is -3.18. The predicted octanol–water partition coefficient (Wildman–Crippen LogP) is 6.01.